The quantitative estimate of drug-likeness (QED) is 0.471. The Morgan fingerprint density at radius 3 is 2.35 bits per heavy atom. The number of hydrogen-bond acceptors (Lipinski definition) is 6. The maximum atomic E-state index is 11.6. The number of nitro groups is 1. The minimum atomic E-state index is -0.502. The number of nitrogens with one attached hydrogen (secondary N) is 2. The molecule has 2 N–H and O–H groups in total. The van der Waals surface area contributed by atoms with Crippen molar-refractivity contribution in [3.05, 3.63) is 81.6 Å². The number of rotatable bonds is 6. The van der Waals surface area contributed by atoms with Crippen molar-refractivity contribution >= 4 is 34.6 Å². The predicted octanol–water partition coefficient (Wildman–Crippen LogP) is 4.95. The van der Waals surface area contributed by atoms with Crippen molar-refractivity contribution in [2.75, 3.05) is 10.6 Å². The number of hydrogen-bond donors (Lipinski definition) is 2. The topological polar surface area (TPSA) is 93.0 Å². The van der Waals surface area contributed by atoms with Crippen molar-refractivity contribution in [1.29, 1.82) is 0 Å². The maximum absolute atomic E-state index is 11.6. The van der Waals surface area contributed by atoms with Crippen molar-refractivity contribution in [2.24, 2.45) is 0 Å². The molecule has 0 saturated heterocycles. The summed E-state index contributed by atoms with van der Waals surface area (Å²) in [5.41, 5.74) is 1.41. The van der Waals surface area contributed by atoms with Crippen LogP contribution in [-0.2, 0) is 0 Å². The third-order valence-electron chi connectivity index (χ3n) is 3.76. The molecule has 0 aliphatic rings. The van der Waals surface area contributed by atoms with Crippen LogP contribution >= 0.6 is 11.6 Å². The number of nitrogens with zero attached hydrogens (tertiary/aromatic N) is 3. The number of aromatic nitrogens is 2. The molecule has 0 amide bonds. The highest BCUT2D eigenvalue weighted by atomic mass is 35.5. The van der Waals surface area contributed by atoms with Gasteiger partial charge in [0, 0.05) is 10.7 Å². The first-order valence-corrected chi connectivity index (χ1v) is 8.26. The second kappa shape index (κ2) is 7.79. The first-order chi connectivity index (χ1) is 12.5. The fourth-order valence-corrected chi connectivity index (χ4v) is 2.57. The van der Waals surface area contributed by atoms with Gasteiger partial charge in [-0.3, -0.25) is 10.1 Å². The molecule has 0 radical (unpaired) electrons. The SMILES string of the molecule is CC(Nc1ncnc(Nc2ccc(Cl)cc2)c1[N+](=O)[O-])c1ccccc1. The van der Waals surface area contributed by atoms with E-state index in [2.05, 4.69) is 20.6 Å². The summed E-state index contributed by atoms with van der Waals surface area (Å²) in [4.78, 5) is 19.2. The van der Waals surface area contributed by atoms with Gasteiger partial charge >= 0.3 is 5.69 Å². The minimum Gasteiger partial charge on any atom is -0.358 e. The van der Waals surface area contributed by atoms with Gasteiger partial charge in [-0.05, 0) is 36.8 Å². The largest absolute Gasteiger partial charge is 0.358 e. The van der Waals surface area contributed by atoms with Gasteiger partial charge in [-0.1, -0.05) is 41.9 Å². The van der Waals surface area contributed by atoms with E-state index < -0.39 is 4.92 Å². The van der Waals surface area contributed by atoms with Crippen LogP contribution in [0.2, 0.25) is 5.02 Å². The fraction of sp³-hybridized carbons (Fsp3) is 0.111. The van der Waals surface area contributed by atoms with Gasteiger partial charge in [-0.15, -0.1) is 0 Å². The molecule has 1 aromatic heterocycles. The van der Waals surface area contributed by atoms with E-state index in [1.165, 1.54) is 6.33 Å². The van der Waals surface area contributed by atoms with Crippen molar-refractivity contribution in [2.45, 2.75) is 13.0 Å². The molecule has 3 rings (SSSR count). The van der Waals surface area contributed by atoms with Crippen LogP contribution in [0.3, 0.4) is 0 Å². The zero-order chi connectivity index (χ0) is 18.5. The first-order valence-electron chi connectivity index (χ1n) is 7.88. The summed E-state index contributed by atoms with van der Waals surface area (Å²) in [7, 11) is 0. The van der Waals surface area contributed by atoms with E-state index in [1.54, 1.807) is 24.3 Å². The summed E-state index contributed by atoms with van der Waals surface area (Å²) in [6, 6.07) is 16.3. The van der Waals surface area contributed by atoms with Crippen molar-refractivity contribution in [3.8, 4) is 0 Å². The summed E-state index contributed by atoms with van der Waals surface area (Å²) in [5, 5.41) is 18.2. The van der Waals surface area contributed by atoms with Crippen LogP contribution in [0.4, 0.5) is 23.0 Å². The maximum Gasteiger partial charge on any atom is 0.353 e. The molecule has 0 fully saturated rings. The molecule has 8 heteroatoms. The third kappa shape index (κ3) is 4.07. The van der Waals surface area contributed by atoms with Gasteiger partial charge in [0.2, 0.25) is 11.6 Å². The van der Waals surface area contributed by atoms with Crippen molar-refractivity contribution in [3.63, 3.8) is 0 Å². The minimum absolute atomic E-state index is 0.107. The molecule has 0 spiro atoms. The van der Waals surface area contributed by atoms with Crippen LogP contribution in [-0.4, -0.2) is 14.9 Å². The number of halogens is 1. The van der Waals surface area contributed by atoms with Crippen LogP contribution in [0.1, 0.15) is 18.5 Å². The average molecular weight is 370 g/mol. The lowest BCUT2D eigenvalue weighted by molar-refractivity contribution is -0.383. The standard InChI is InChI=1S/C18H16ClN5O2/c1-12(13-5-3-2-4-6-13)22-17-16(24(25)26)18(21-11-20-17)23-15-9-7-14(19)8-10-15/h2-12H,1H3,(H2,20,21,22,23). The van der Waals surface area contributed by atoms with E-state index in [0.717, 1.165) is 5.56 Å². The Labute approximate surface area is 155 Å². The monoisotopic (exact) mass is 369 g/mol. The van der Waals surface area contributed by atoms with E-state index in [1.807, 2.05) is 37.3 Å². The van der Waals surface area contributed by atoms with Crippen molar-refractivity contribution < 1.29 is 4.92 Å². The molecule has 26 heavy (non-hydrogen) atoms. The lowest BCUT2D eigenvalue weighted by atomic mass is 10.1. The molecule has 2 aromatic carbocycles. The highest BCUT2D eigenvalue weighted by Crippen LogP contribution is 2.33. The summed E-state index contributed by atoms with van der Waals surface area (Å²) < 4.78 is 0. The molecule has 0 aliphatic carbocycles. The van der Waals surface area contributed by atoms with E-state index in [9.17, 15) is 10.1 Å². The van der Waals surface area contributed by atoms with Gasteiger partial charge < -0.3 is 10.6 Å². The molecular weight excluding hydrogens is 354 g/mol. The molecule has 132 valence electrons. The summed E-state index contributed by atoms with van der Waals surface area (Å²) in [6.45, 7) is 1.91. The zero-order valence-corrected chi connectivity index (χ0v) is 14.6. The summed E-state index contributed by atoms with van der Waals surface area (Å²) >= 11 is 5.87. The molecule has 3 aromatic rings. The summed E-state index contributed by atoms with van der Waals surface area (Å²) in [5.74, 6) is 0.257. The normalized spacial score (nSPS) is 11.6. The first kappa shape index (κ1) is 17.6. The third-order valence-corrected chi connectivity index (χ3v) is 4.02. The second-order valence-corrected chi connectivity index (χ2v) is 6.02. The molecule has 1 heterocycles. The van der Waals surface area contributed by atoms with Crippen LogP contribution in [0, 0.1) is 10.1 Å². The molecular formula is C18H16ClN5O2. The lowest BCUT2D eigenvalue weighted by Gasteiger charge is -2.15. The fourth-order valence-electron chi connectivity index (χ4n) is 2.45. The second-order valence-electron chi connectivity index (χ2n) is 5.59. The van der Waals surface area contributed by atoms with Gasteiger partial charge in [0.1, 0.15) is 6.33 Å². The Kier molecular flexibility index (Phi) is 5.28. The highest BCUT2D eigenvalue weighted by molar-refractivity contribution is 6.30. The smallest absolute Gasteiger partial charge is 0.353 e. The number of anilines is 3. The Bertz CT molecular complexity index is 903. The predicted molar refractivity (Wildman–Crippen MR) is 102 cm³/mol. The van der Waals surface area contributed by atoms with Crippen LogP contribution in [0.5, 0.6) is 0 Å². The highest BCUT2D eigenvalue weighted by Gasteiger charge is 2.24. The van der Waals surface area contributed by atoms with E-state index in [4.69, 9.17) is 11.6 Å². The molecule has 7 nitrogen and oxygen atoms in total. The average Bonchev–Trinajstić information content (AvgIpc) is 2.64. The van der Waals surface area contributed by atoms with Gasteiger partial charge in [0.25, 0.3) is 0 Å². The molecule has 0 saturated carbocycles. The number of benzene rings is 2. The molecule has 1 unspecified atom stereocenters. The Balaban J connectivity index is 1.91. The molecule has 1 atom stereocenters. The van der Waals surface area contributed by atoms with E-state index >= 15 is 0 Å². The van der Waals surface area contributed by atoms with Gasteiger partial charge in [-0.2, -0.15) is 0 Å². The van der Waals surface area contributed by atoms with Gasteiger partial charge in [0.05, 0.1) is 11.0 Å². The molecule has 0 bridgehead atoms. The van der Waals surface area contributed by atoms with Gasteiger partial charge in [0.15, 0.2) is 0 Å². The molecule has 0 aliphatic heterocycles. The summed E-state index contributed by atoms with van der Waals surface area (Å²) in [6.07, 6.45) is 1.28. The Hall–Kier alpha value is -3.19. The van der Waals surface area contributed by atoms with E-state index in [-0.39, 0.29) is 23.4 Å². The Morgan fingerprint density at radius 1 is 1.04 bits per heavy atom. The Morgan fingerprint density at radius 2 is 1.69 bits per heavy atom. The lowest BCUT2D eigenvalue weighted by Crippen LogP contribution is -2.11. The van der Waals surface area contributed by atoms with Gasteiger partial charge in [-0.25, -0.2) is 9.97 Å². The van der Waals surface area contributed by atoms with Crippen LogP contribution < -0.4 is 10.6 Å². The van der Waals surface area contributed by atoms with E-state index in [0.29, 0.717) is 10.7 Å². The van der Waals surface area contributed by atoms with Crippen LogP contribution in [0.15, 0.2) is 60.9 Å². The van der Waals surface area contributed by atoms with Crippen LogP contribution in [0.25, 0.3) is 0 Å². The van der Waals surface area contributed by atoms with Crippen molar-refractivity contribution in [1.82, 2.24) is 9.97 Å². The zero-order valence-electron chi connectivity index (χ0n) is 13.9.